The highest BCUT2D eigenvalue weighted by Gasteiger charge is 2.13. The molecule has 0 aliphatic rings. The van der Waals surface area contributed by atoms with Gasteiger partial charge >= 0.3 is 0 Å². The zero-order valence-corrected chi connectivity index (χ0v) is 12.3. The van der Waals surface area contributed by atoms with Gasteiger partial charge in [0.2, 0.25) is 6.08 Å². The number of aromatic nitrogens is 1. The number of ether oxygens (including phenoxy) is 1. The number of fused-ring (bicyclic) bond motifs is 1. The summed E-state index contributed by atoms with van der Waals surface area (Å²) < 4.78 is 6.93. The molecule has 114 valence electrons. The second kappa shape index (κ2) is 6.83. The molecule has 0 fully saturated rings. The predicted molar refractivity (Wildman–Crippen MR) is 86.4 cm³/mol. The van der Waals surface area contributed by atoms with Crippen molar-refractivity contribution in [2.45, 2.75) is 6.61 Å². The molecule has 3 aromatic rings. The molecule has 0 saturated heterocycles. The number of benzene rings is 2. The topological polar surface area (TPSA) is 60.7 Å². The molecule has 0 spiro atoms. The Hall–Kier alpha value is -3.01. The molecule has 2 aromatic carbocycles. The summed E-state index contributed by atoms with van der Waals surface area (Å²) in [5.41, 5.74) is 2.12. The number of hydrogen-bond donors (Lipinski definition) is 0. The smallest absolute Gasteiger partial charge is 0.257 e. The minimum absolute atomic E-state index is 0.0577. The van der Waals surface area contributed by atoms with Crippen LogP contribution in [-0.4, -0.2) is 23.2 Å². The van der Waals surface area contributed by atoms with E-state index in [4.69, 9.17) is 4.74 Å². The lowest BCUT2D eigenvalue weighted by atomic mass is 10.2. The Labute approximate surface area is 132 Å². The van der Waals surface area contributed by atoms with Crippen molar-refractivity contribution >= 4 is 28.6 Å². The molecular weight excluding hydrogens is 292 g/mol. The van der Waals surface area contributed by atoms with Gasteiger partial charge in [-0.25, -0.2) is 4.79 Å². The number of nitrogens with zero attached hydrogens (tertiary/aromatic N) is 2. The van der Waals surface area contributed by atoms with E-state index < -0.39 is 0 Å². The maximum Gasteiger partial charge on any atom is 0.257 e. The fourth-order valence-corrected chi connectivity index (χ4v) is 2.41. The van der Waals surface area contributed by atoms with Gasteiger partial charge in [-0.3, -0.25) is 9.36 Å². The molecule has 1 aromatic heterocycles. The first-order valence-corrected chi connectivity index (χ1v) is 7.12. The molecule has 0 bridgehead atoms. The van der Waals surface area contributed by atoms with Crippen molar-refractivity contribution in [3.63, 3.8) is 0 Å². The van der Waals surface area contributed by atoms with Crippen LogP contribution in [0.15, 0.2) is 65.8 Å². The molecule has 0 aliphatic carbocycles. The quantitative estimate of drug-likeness (QED) is 0.535. The van der Waals surface area contributed by atoms with Crippen molar-refractivity contribution in [1.82, 2.24) is 4.57 Å². The van der Waals surface area contributed by atoms with Crippen LogP contribution in [0.25, 0.3) is 10.9 Å². The number of hydrogen-bond acceptors (Lipinski definition) is 4. The van der Waals surface area contributed by atoms with Crippen LogP contribution in [0.5, 0.6) is 0 Å². The lowest BCUT2D eigenvalue weighted by Gasteiger charge is -2.05. The number of carbonyl (C=O) groups is 1. The van der Waals surface area contributed by atoms with Gasteiger partial charge < -0.3 is 4.74 Å². The van der Waals surface area contributed by atoms with Crippen LogP contribution in [-0.2, 0) is 16.1 Å². The monoisotopic (exact) mass is 306 g/mol. The van der Waals surface area contributed by atoms with E-state index >= 15 is 0 Å². The van der Waals surface area contributed by atoms with Gasteiger partial charge in [-0.15, -0.1) is 0 Å². The van der Waals surface area contributed by atoms with E-state index in [0.29, 0.717) is 17.8 Å². The third-order valence-corrected chi connectivity index (χ3v) is 3.46. The molecular formula is C18H14N2O3. The Bertz CT molecular complexity index is 878. The lowest BCUT2D eigenvalue weighted by molar-refractivity contribution is 0.0649. The maximum absolute atomic E-state index is 12.4. The number of rotatable bonds is 5. The highest BCUT2D eigenvalue weighted by atomic mass is 16.5. The molecule has 5 heteroatoms. The van der Waals surface area contributed by atoms with Crippen molar-refractivity contribution in [1.29, 1.82) is 0 Å². The Morgan fingerprint density at radius 2 is 1.83 bits per heavy atom. The second-order valence-corrected chi connectivity index (χ2v) is 4.98. The molecule has 0 atom stereocenters. The van der Waals surface area contributed by atoms with Crippen LogP contribution in [0.2, 0.25) is 0 Å². The maximum atomic E-state index is 12.4. The molecule has 0 aliphatic heterocycles. The third-order valence-electron chi connectivity index (χ3n) is 3.46. The highest BCUT2D eigenvalue weighted by Crippen LogP contribution is 2.27. The van der Waals surface area contributed by atoms with E-state index in [-0.39, 0.29) is 12.5 Å². The number of aliphatic imine (C=N–C) groups is 1. The summed E-state index contributed by atoms with van der Waals surface area (Å²) in [5.74, 6) is -0.218. The number of isocyanates is 1. The molecule has 1 heterocycles. The molecule has 0 amide bonds. The summed E-state index contributed by atoms with van der Waals surface area (Å²) in [4.78, 5) is 26.5. The van der Waals surface area contributed by atoms with Gasteiger partial charge in [-0.1, -0.05) is 48.5 Å². The van der Waals surface area contributed by atoms with Crippen molar-refractivity contribution in [3.05, 3.63) is 66.4 Å². The minimum Gasteiger partial charge on any atom is -0.367 e. The largest absolute Gasteiger partial charge is 0.367 e. The van der Waals surface area contributed by atoms with E-state index in [0.717, 1.165) is 10.9 Å². The van der Waals surface area contributed by atoms with Crippen LogP contribution < -0.4 is 0 Å². The Morgan fingerprint density at radius 1 is 1.09 bits per heavy atom. The van der Waals surface area contributed by atoms with E-state index in [1.165, 1.54) is 16.8 Å². The number of carbonyl (C=O) groups excluding carboxylic acids is 2. The van der Waals surface area contributed by atoms with Crippen molar-refractivity contribution in [3.8, 4) is 0 Å². The summed E-state index contributed by atoms with van der Waals surface area (Å²) >= 11 is 0. The summed E-state index contributed by atoms with van der Waals surface area (Å²) in [7, 11) is 0. The van der Waals surface area contributed by atoms with Gasteiger partial charge in [0.05, 0.1) is 12.1 Å². The lowest BCUT2D eigenvalue weighted by Crippen LogP contribution is -2.16. The molecule has 0 unspecified atom stereocenters. The fourth-order valence-electron chi connectivity index (χ4n) is 2.41. The third kappa shape index (κ3) is 3.26. The Morgan fingerprint density at radius 3 is 2.61 bits per heavy atom. The van der Waals surface area contributed by atoms with Crippen molar-refractivity contribution in [2.24, 2.45) is 4.99 Å². The zero-order valence-electron chi connectivity index (χ0n) is 12.3. The van der Waals surface area contributed by atoms with Crippen LogP contribution >= 0.6 is 0 Å². The van der Waals surface area contributed by atoms with E-state index in [9.17, 15) is 9.59 Å². The van der Waals surface area contributed by atoms with Gasteiger partial charge in [0.15, 0.2) is 0 Å². The van der Waals surface area contributed by atoms with Crippen molar-refractivity contribution in [2.75, 3.05) is 6.61 Å². The van der Waals surface area contributed by atoms with Crippen LogP contribution in [0.4, 0.5) is 5.69 Å². The first-order valence-electron chi connectivity index (χ1n) is 7.12. The van der Waals surface area contributed by atoms with Gasteiger partial charge in [0, 0.05) is 11.6 Å². The van der Waals surface area contributed by atoms with E-state index in [1.807, 2.05) is 42.5 Å². The average Bonchev–Trinajstić information content (AvgIpc) is 2.95. The first-order chi connectivity index (χ1) is 11.3. The first kappa shape index (κ1) is 14.9. The fraction of sp³-hybridized carbons (Fsp3) is 0.111. The van der Waals surface area contributed by atoms with Crippen molar-refractivity contribution < 1.29 is 14.3 Å². The molecule has 5 nitrogen and oxygen atoms in total. The summed E-state index contributed by atoms with van der Waals surface area (Å²) in [6.07, 6.45) is 3.04. The zero-order chi connectivity index (χ0) is 16.1. The van der Waals surface area contributed by atoms with Gasteiger partial charge in [-0.05, 0) is 11.6 Å². The molecule has 0 radical (unpaired) electrons. The van der Waals surface area contributed by atoms with Gasteiger partial charge in [0.1, 0.15) is 12.3 Å². The molecule has 0 N–H and O–H groups in total. The SMILES string of the molecule is O=C=Nc1cn(C(=O)COCc2ccccc2)c2ccccc12. The summed E-state index contributed by atoms with van der Waals surface area (Å²) in [6.45, 7) is 0.308. The van der Waals surface area contributed by atoms with E-state index in [1.54, 1.807) is 12.1 Å². The normalized spacial score (nSPS) is 10.4. The Kier molecular flexibility index (Phi) is 4.43. The second-order valence-electron chi connectivity index (χ2n) is 4.98. The van der Waals surface area contributed by atoms with E-state index in [2.05, 4.69) is 4.99 Å². The van der Waals surface area contributed by atoms with Crippen LogP contribution in [0.1, 0.15) is 10.4 Å². The highest BCUT2D eigenvalue weighted by molar-refractivity contribution is 5.99. The standard InChI is InChI=1S/C18H14N2O3/c21-13-19-16-10-20(17-9-5-4-8-15(16)17)18(22)12-23-11-14-6-2-1-3-7-14/h1-10H,11-12H2. The Balaban J connectivity index is 1.77. The molecule has 0 saturated carbocycles. The summed E-state index contributed by atoms with van der Waals surface area (Å²) in [5, 5.41) is 0.729. The minimum atomic E-state index is -0.218. The molecule has 23 heavy (non-hydrogen) atoms. The molecule has 3 rings (SSSR count). The van der Waals surface area contributed by atoms with Crippen LogP contribution in [0, 0.1) is 0 Å². The van der Waals surface area contributed by atoms with Gasteiger partial charge in [0.25, 0.3) is 5.91 Å². The predicted octanol–water partition coefficient (Wildman–Crippen LogP) is 3.47. The average molecular weight is 306 g/mol. The van der Waals surface area contributed by atoms with Crippen LogP contribution in [0.3, 0.4) is 0 Å². The van der Waals surface area contributed by atoms with Gasteiger partial charge in [-0.2, -0.15) is 4.99 Å². The summed E-state index contributed by atoms with van der Waals surface area (Å²) in [6, 6.07) is 16.9. The number of para-hydroxylation sites is 1.